The first-order valence-corrected chi connectivity index (χ1v) is 8.18. The van der Waals surface area contributed by atoms with Crippen LogP contribution < -0.4 is 10.2 Å². The summed E-state index contributed by atoms with van der Waals surface area (Å²) in [5.41, 5.74) is 3.07. The van der Waals surface area contributed by atoms with Gasteiger partial charge in [0.05, 0.1) is 37.8 Å². The highest BCUT2D eigenvalue weighted by molar-refractivity contribution is 6.04. The molecule has 0 radical (unpaired) electrons. The first-order valence-electron chi connectivity index (χ1n) is 8.18. The molecule has 1 saturated carbocycles. The van der Waals surface area contributed by atoms with E-state index in [9.17, 15) is 9.59 Å². The van der Waals surface area contributed by atoms with Crippen molar-refractivity contribution >= 4 is 23.3 Å². The summed E-state index contributed by atoms with van der Waals surface area (Å²) in [7, 11) is 2.56. The van der Waals surface area contributed by atoms with Crippen molar-refractivity contribution in [3.63, 3.8) is 0 Å². The van der Waals surface area contributed by atoms with Gasteiger partial charge in [-0.3, -0.25) is 0 Å². The largest absolute Gasteiger partial charge is 0.466 e. The molecule has 1 aliphatic carbocycles. The highest BCUT2D eigenvalue weighted by Crippen LogP contribution is 2.37. The van der Waals surface area contributed by atoms with Crippen molar-refractivity contribution in [1.29, 1.82) is 0 Å². The fourth-order valence-corrected chi connectivity index (χ4v) is 2.83. The number of rotatable bonds is 5. The van der Waals surface area contributed by atoms with Gasteiger partial charge < -0.3 is 24.4 Å². The Labute approximate surface area is 146 Å². The van der Waals surface area contributed by atoms with E-state index in [4.69, 9.17) is 14.2 Å². The summed E-state index contributed by atoms with van der Waals surface area (Å²) >= 11 is 0. The van der Waals surface area contributed by atoms with Crippen LogP contribution in [-0.4, -0.2) is 45.5 Å². The third kappa shape index (κ3) is 3.46. The van der Waals surface area contributed by atoms with Gasteiger partial charge in [0.25, 0.3) is 0 Å². The lowest BCUT2D eigenvalue weighted by Crippen LogP contribution is -2.39. The van der Waals surface area contributed by atoms with E-state index < -0.39 is 11.9 Å². The topological polar surface area (TPSA) is 77.1 Å². The van der Waals surface area contributed by atoms with Gasteiger partial charge in [-0.15, -0.1) is 0 Å². The van der Waals surface area contributed by atoms with E-state index in [1.54, 1.807) is 4.90 Å². The molecule has 0 bridgehead atoms. The molecule has 25 heavy (non-hydrogen) atoms. The molecule has 0 saturated heterocycles. The minimum atomic E-state index is -0.602. The lowest BCUT2D eigenvalue weighted by atomic mass is 10.1. The number of anilines is 2. The number of para-hydroxylation sites is 1. The average molecular weight is 346 g/mol. The molecule has 2 aliphatic rings. The van der Waals surface area contributed by atoms with Crippen molar-refractivity contribution in [3.05, 3.63) is 35.0 Å². The summed E-state index contributed by atoms with van der Waals surface area (Å²) in [6, 6.07) is 6.24. The van der Waals surface area contributed by atoms with Crippen molar-refractivity contribution in [1.82, 2.24) is 0 Å². The van der Waals surface area contributed by atoms with Gasteiger partial charge in [0.15, 0.2) is 0 Å². The Bertz CT molecular complexity index is 724. The van der Waals surface area contributed by atoms with E-state index in [-0.39, 0.29) is 24.6 Å². The van der Waals surface area contributed by atoms with Crippen LogP contribution in [0.2, 0.25) is 0 Å². The number of esters is 2. The van der Waals surface area contributed by atoms with Gasteiger partial charge in [-0.2, -0.15) is 0 Å². The van der Waals surface area contributed by atoms with Crippen LogP contribution in [0.25, 0.3) is 0 Å². The normalized spacial score (nSPS) is 17.3. The Hall–Kier alpha value is -2.54. The van der Waals surface area contributed by atoms with Gasteiger partial charge in [-0.25, -0.2) is 9.59 Å². The maximum Gasteiger partial charge on any atom is 0.355 e. The number of carbonyl (C=O) groups is 2. The molecular formula is C18H22N2O5. The predicted octanol–water partition coefficient (Wildman–Crippen LogP) is 1.96. The summed E-state index contributed by atoms with van der Waals surface area (Å²) in [4.78, 5) is 26.2. The van der Waals surface area contributed by atoms with E-state index in [0.717, 1.165) is 29.8 Å². The summed E-state index contributed by atoms with van der Waals surface area (Å²) < 4.78 is 15.3. The maximum atomic E-state index is 12.4. The first kappa shape index (κ1) is 17.3. The molecule has 0 amide bonds. The van der Waals surface area contributed by atoms with Gasteiger partial charge in [0.1, 0.15) is 12.4 Å². The molecule has 0 spiro atoms. The minimum absolute atomic E-state index is 0.00477. The fraction of sp³-hybridized carbons (Fsp3) is 0.444. The molecule has 7 heteroatoms. The SMILES string of the molecule is COC(=O)C1=C(C(=O)OC)N(c2cccc(C)c2NC2CC2)COC1. The van der Waals surface area contributed by atoms with Crippen LogP contribution in [0.15, 0.2) is 29.5 Å². The number of hydrogen-bond acceptors (Lipinski definition) is 7. The van der Waals surface area contributed by atoms with Crippen molar-refractivity contribution < 1.29 is 23.8 Å². The van der Waals surface area contributed by atoms with Crippen LogP contribution in [0.4, 0.5) is 11.4 Å². The maximum absolute atomic E-state index is 12.4. The number of hydrogen-bond donors (Lipinski definition) is 1. The second-order valence-electron chi connectivity index (χ2n) is 6.10. The van der Waals surface area contributed by atoms with Crippen LogP contribution in [0.3, 0.4) is 0 Å². The molecular weight excluding hydrogens is 324 g/mol. The molecule has 1 aromatic rings. The van der Waals surface area contributed by atoms with E-state index in [2.05, 4.69) is 5.32 Å². The van der Waals surface area contributed by atoms with E-state index in [1.165, 1.54) is 14.2 Å². The summed E-state index contributed by atoms with van der Waals surface area (Å²) in [5.74, 6) is -1.20. The van der Waals surface area contributed by atoms with Crippen molar-refractivity contribution in [2.45, 2.75) is 25.8 Å². The van der Waals surface area contributed by atoms with E-state index in [1.807, 2.05) is 25.1 Å². The Morgan fingerprint density at radius 1 is 1.20 bits per heavy atom. The summed E-state index contributed by atoms with van der Waals surface area (Å²) in [6.07, 6.45) is 2.24. The number of methoxy groups -OCH3 is 2. The Morgan fingerprint density at radius 2 is 1.92 bits per heavy atom. The minimum Gasteiger partial charge on any atom is -0.466 e. The molecule has 7 nitrogen and oxygen atoms in total. The molecule has 0 unspecified atom stereocenters. The zero-order valence-electron chi connectivity index (χ0n) is 14.6. The first-order chi connectivity index (χ1) is 12.1. The number of ether oxygens (including phenoxy) is 3. The molecule has 0 aromatic heterocycles. The molecule has 1 fully saturated rings. The smallest absolute Gasteiger partial charge is 0.355 e. The second kappa shape index (κ2) is 7.14. The molecule has 1 aliphatic heterocycles. The number of carbonyl (C=O) groups excluding carboxylic acids is 2. The zero-order chi connectivity index (χ0) is 18.0. The van der Waals surface area contributed by atoms with E-state index >= 15 is 0 Å². The van der Waals surface area contributed by atoms with Crippen molar-refractivity contribution in [2.75, 3.05) is 37.8 Å². The van der Waals surface area contributed by atoms with Gasteiger partial charge >= 0.3 is 11.9 Å². The third-order valence-corrected chi connectivity index (χ3v) is 4.30. The highest BCUT2D eigenvalue weighted by Gasteiger charge is 2.34. The number of aryl methyl sites for hydroxylation is 1. The number of nitrogens with zero attached hydrogens (tertiary/aromatic N) is 1. The standard InChI is InChI=1S/C18H22N2O5/c1-11-5-4-6-14(15(11)19-12-7-8-12)20-10-25-9-13(17(21)23-2)16(20)18(22)24-3/h4-6,12,19H,7-10H2,1-3H3. The Balaban J connectivity index is 2.09. The summed E-state index contributed by atoms with van der Waals surface area (Å²) in [5, 5.41) is 3.50. The van der Waals surface area contributed by atoms with Gasteiger partial charge in [-0.1, -0.05) is 12.1 Å². The van der Waals surface area contributed by atoms with E-state index in [0.29, 0.717) is 6.04 Å². The van der Waals surface area contributed by atoms with Crippen LogP contribution in [0, 0.1) is 6.92 Å². The fourth-order valence-electron chi connectivity index (χ4n) is 2.83. The van der Waals surface area contributed by atoms with Crippen LogP contribution in [-0.2, 0) is 23.8 Å². The average Bonchev–Trinajstić information content (AvgIpc) is 3.45. The quantitative estimate of drug-likeness (QED) is 0.817. The van der Waals surface area contributed by atoms with Crippen LogP contribution >= 0.6 is 0 Å². The zero-order valence-corrected chi connectivity index (χ0v) is 14.6. The highest BCUT2D eigenvalue weighted by atomic mass is 16.5. The van der Waals surface area contributed by atoms with Gasteiger partial charge in [-0.05, 0) is 31.4 Å². The molecule has 0 atom stereocenters. The molecule has 134 valence electrons. The van der Waals surface area contributed by atoms with Gasteiger partial charge in [0, 0.05) is 6.04 Å². The molecule has 1 heterocycles. The van der Waals surface area contributed by atoms with Crippen molar-refractivity contribution in [3.8, 4) is 0 Å². The third-order valence-electron chi connectivity index (χ3n) is 4.30. The van der Waals surface area contributed by atoms with Crippen molar-refractivity contribution in [2.24, 2.45) is 0 Å². The number of benzene rings is 1. The number of nitrogens with one attached hydrogen (secondary N) is 1. The lowest BCUT2D eigenvalue weighted by Gasteiger charge is -2.33. The molecule has 1 N–H and O–H groups in total. The van der Waals surface area contributed by atoms with Gasteiger partial charge in [0.2, 0.25) is 0 Å². The Morgan fingerprint density at radius 3 is 2.56 bits per heavy atom. The van der Waals surface area contributed by atoms with Crippen LogP contribution in [0.5, 0.6) is 0 Å². The van der Waals surface area contributed by atoms with Crippen LogP contribution in [0.1, 0.15) is 18.4 Å². The summed E-state index contributed by atoms with van der Waals surface area (Å²) in [6.45, 7) is 2.15. The lowest BCUT2D eigenvalue weighted by molar-refractivity contribution is -0.140. The molecule has 1 aromatic carbocycles. The Kier molecular flexibility index (Phi) is 4.94. The monoisotopic (exact) mass is 346 g/mol. The molecule has 3 rings (SSSR count). The second-order valence-corrected chi connectivity index (χ2v) is 6.10. The predicted molar refractivity (Wildman–Crippen MR) is 92.2 cm³/mol.